The van der Waals surface area contributed by atoms with Gasteiger partial charge in [-0.25, -0.2) is 0 Å². The molecule has 14 heavy (non-hydrogen) atoms. The van der Waals surface area contributed by atoms with Crippen LogP contribution in [0.5, 0.6) is 0 Å². The Labute approximate surface area is 86.0 Å². The monoisotopic (exact) mass is 199 g/mol. The van der Waals surface area contributed by atoms with Crippen LogP contribution in [-0.4, -0.2) is 55.5 Å². The summed E-state index contributed by atoms with van der Waals surface area (Å²) in [6.45, 7) is 3.10. The molecule has 1 aliphatic heterocycles. The second-order valence-electron chi connectivity index (χ2n) is 4.24. The summed E-state index contributed by atoms with van der Waals surface area (Å²) in [6.07, 6.45) is 2.70. The van der Waals surface area contributed by atoms with E-state index in [1.165, 1.54) is 0 Å². The predicted octanol–water partition coefficient (Wildman–Crippen LogP) is -0.112. The largest absolute Gasteiger partial charge is 0.349 e. The van der Waals surface area contributed by atoms with Crippen LogP contribution in [0.3, 0.4) is 0 Å². The van der Waals surface area contributed by atoms with E-state index >= 15 is 0 Å². The Kier molecular flexibility index (Phi) is 4.35. The van der Waals surface area contributed by atoms with Gasteiger partial charge in [0.25, 0.3) is 0 Å². The normalized spacial score (nSPS) is 22.6. The molecule has 1 rings (SSSR count). The van der Waals surface area contributed by atoms with Crippen molar-refractivity contribution in [1.82, 2.24) is 9.80 Å². The summed E-state index contributed by atoms with van der Waals surface area (Å²) < 4.78 is 0. The number of nitrogens with zero attached hydrogens (tertiary/aromatic N) is 2. The molecule has 0 radical (unpaired) electrons. The van der Waals surface area contributed by atoms with Crippen molar-refractivity contribution >= 4 is 5.91 Å². The average Bonchev–Trinajstić information content (AvgIpc) is 2.51. The van der Waals surface area contributed by atoms with Crippen LogP contribution in [0.15, 0.2) is 0 Å². The summed E-state index contributed by atoms with van der Waals surface area (Å²) in [5, 5.41) is 0. The zero-order chi connectivity index (χ0) is 10.6. The van der Waals surface area contributed by atoms with Crippen molar-refractivity contribution in [2.24, 2.45) is 5.73 Å². The predicted molar refractivity (Wildman–Crippen MR) is 57.0 cm³/mol. The van der Waals surface area contributed by atoms with E-state index < -0.39 is 0 Å². The molecule has 0 aliphatic carbocycles. The molecule has 0 saturated carbocycles. The van der Waals surface area contributed by atoms with Gasteiger partial charge in [-0.1, -0.05) is 0 Å². The van der Waals surface area contributed by atoms with E-state index in [0.717, 1.165) is 32.5 Å². The molecule has 0 spiro atoms. The maximum atomic E-state index is 11.3. The van der Waals surface area contributed by atoms with E-state index in [1.807, 2.05) is 0 Å². The molecule has 0 aromatic carbocycles. The lowest BCUT2D eigenvalue weighted by atomic mass is 10.2. The van der Waals surface area contributed by atoms with E-state index in [9.17, 15) is 4.79 Å². The molecule has 1 fully saturated rings. The van der Waals surface area contributed by atoms with E-state index in [1.54, 1.807) is 19.0 Å². The molecule has 82 valence electrons. The molecule has 0 aromatic heterocycles. The van der Waals surface area contributed by atoms with E-state index in [0.29, 0.717) is 12.5 Å². The summed E-state index contributed by atoms with van der Waals surface area (Å²) >= 11 is 0. The van der Waals surface area contributed by atoms with Gasteiger partial charge in [0.15, 0.2) is 0 Å². The van der Waals surface area contributed by atoms with Crippen LogP contribution in [0.25, 0.3) is 0 Å². The van der Waals surface area contributed by atoms with Crippen LogP contribution in [0.2, 0.25) is 0 Å². The number of amides is 1. The highest BCUT2D eigenvalue weighted by Crippen LogP contribution is 2.08. The van der Waals surface area contributed by atoms with Gasteiger partial charge in [0.05, 0.1) is 0 Å². The highest BCUT2D eigenvalue weighted by atomic mass is 16.2. The second-order valence-corrected chi connectivity index (χ2v) is 4.24. The third-order valence-corrected chi connectivity index (χ3v) is 2.67. The Morgan fingerprint density at radius 2 is 2.29 bits per heavy atom. The van der Waals surface area contributed by atoms with Gasteiger partial charge in [-0.05, 0) is 25.9 Å². The molecule has 1 aliphatic rings. The van der Waals surface area contributed by atoms with Gasteiger partial charge in [-0.15, -0.1) is 0 Å². The van der Waals surface area contributed by atoms with Crippen molar-refractivity contribution < 1.29 is 4.79 Å². The zero-order valence-electron chi connectivity index (χ0n) is 9.20. The number of carbonyl (C=O) groups excluding carboxylic acids is 1. The van der Waals surface area contributed by atoms with Gasteiger partial charge >= 0.3 is 0 Å². The van der Waals surface area contributed by atoms with Crippen LogP contribution in [-0.2, 0) is 4.79 Å². The van der Waals surface area contributed by atoms with Crippen LogP contribution >= 0.6 is 0 Å². The molecule has 0 aromatic rings. The van der Waals surface area contributed by atoms with Crippen molar-refractivity contribution in [2.45, 2.75) is 25.3 Å². The molecule has 4 heteroatoms. The minimum absolute atomic E-state index is 0.216. The fraction of sp³-hybridized carbons (Fsp3) is 0.900. The lowest BCUT2D eigenvalue weighted by Crippen LogP contribution is -2.28. The van der Waals surface area contributed by atoms with Crippen LogP contribution in [0.4, 0.5) is 0 Å². The fourth-order valence-corrected chi connectivity index (χ4v) is 1.74. The summed E-state index contributed by atoms with van der Waals surface area (Å²) in [4.78, 5) is 15.3. The van der Waals surface area contributed by atoms with Crippen molar-refractivity contribution in [1.29, 1.82) is 0 Å². The fourth-order valence-electron chi connectivity index (χ4n) is 1.74. The second kappa shape index (κ2) is 5.32. The van der Waals surface area contributed by atoms with Gasteiger partial charge in [-0.2, -0.15) is 0 Å². The Morgan fingerprint density at radius 3 is 2.79 bits per heavy atom. The summed E-state index contributed by atoms with van der Waals surface area (Å²) in [7, 11) is 3.60. The Balaban J connectivity index is 2.07. The minimum Gasteiger partial charge on any atom is -0.349 e. The molecule has 1 amide bonds. The van der Waals surface area contributed by atoms with E-state index in [4.69, 9.17) is 5.73 Å². The maximum Gasteiger partial charge on any atom is 0.222 e. The first kappa shape index (κ1) is 11.5. The number of rotatable bonds is 4. The molecule has 1 saturated heterocycles. The molecular formula is C10H21N3O. The van der Waals surface area contributed by atoms with Crippen molar-refractivity contribution in [3.8, 4) is 0 Å². The maximum absolute atomic E-state index is 11.3. The first-order valence-corrected chi connectivity index (χ1v) is 5.27. The van der Waals surface area contributed by atoms with Crippen molar-refractivity contribution in [2.75, 3.05) is 33.7 Å². The molecule has 1 heterocycles. The van der Waals surface area contributed by atoms with Crippen molar-refractivity contribution in [3.05, 3.63) is 0 Å². The van der Waals surface area contributed by atoms with Crippen molar-refractivity contribution in [3.63, 3.8) is 0 Å². The quantitative estimate of drug-likeness (QED) is 0.687. The third-order valence-electron chi connectivity index (χ3n) is 2.67. The van der Waals surface area contributed by atoms with Gasteiger partial charge in [-0.3, -0.25) is 4.79 Å². The zero-order valence-corrected chi connectivity index (χ0v) is 9.20. The highest BCUT2D eigenvalue weighted by Gasteiger charge is 2.18. The topological polar surface area (TPSA) is 49.6 Å². The summed E-state index contributed by atoms with van der Waals surface area (Å²) in [5.41, 5.74) is 5.79. The molecular weight excluding hydrogens is 178 g/mol. The standard InChI is InChI=1S/C10H21N3O/c1-12(2)10(14)4-3-6-13-7-5-9(11)8-13/h9H,3-8,11H2,1-2H3/t9-/m0/s1. The Morgan fingerprint density at radius 1 is 1.57 bits per heavy atom. The Hall–Kier alpha value is -0.610. The molecule has 2 N–H and O–H groups in total. The average molecular weight is 199 g/mol. The molecule has 0 bridgehead atoms. The first-order chi connectivity index (χ1) is 6.59. The molecule has 4 nitrogen and oxygen atoms in total. The summed E-state index contributed by atoms with van der Waals surface area (Å²) in [5.74, 6) is 0.216. The molecule has 0 unspecified atom stereocenters. The lowest BCUT2D eigenvalue weighted by Gasteiger charge is -2.15. The smallest absolute Gasteiger partial charge is 0.222 e. The number of carbonyl (C=O) groups is 1. The highest BCUT2D eigenvalue weighted by molar-refractivity contribution is 5.75. The minimum atomic E-state index is 0.216. The number of hydrogen-bond acceptors (Lipinski definition) is 3. The van der Waals surface area contributed by atoms with Gasteiger partial charge in [0.1, 0.15) is 0 Å². The first-order valence-electron chi connectivity index (χ1n) is 5.27. The van der Waals surface area contributed by atoms with Gasteiger partial charge in [0.2, 0.25) is 5.91 Å². The Bertz CT molecular complexity index is 194. The number of nitrogens with two attached hydrogens (primary N) is 1. The number of likely N-dealkylation sites (tertiary alicyclic amines) is 1. The van der Waals surface area contributed by atoms with Gasteiger partial charge in [0, 0.05) is 33.1 Å². The lowest BCUT2D eigenvalue weighted by molar-refractivity contribution is -0.128. The summed E-state index contributed by atoms with van der Waals surface area (Å²) in [6, 6.07) is 0.347. The van der Waals surface area contributed by atoms with Gasteiger partial charge < -0.3 is 15.5 Å². The van der Waals surface area contributed by atoms with E-state index in [-0.39, 0.29) is 5.91 Å². The molecule has 1 atom stereocenters. The van der Waals surface area contributed by atoms with Crippen LogP contribution in [0.1, 0.15) is 19.3 Å². The third kappa shape index (κ3) is 3.64. The number of hydrogen-bond donors (Lipinski definition) is 1. The van der Waals surface area contributed by atoms with E-state index in [2.05, 4.69) is 4.90 Å². The van der Waals surface area contributed by atoms with Crippen LogP contribution < -0.4 is 5.73 Å². The van der Waals surface area contributed by atoms with Crippen LogP contribution in [0, 0.1) is 0 Å². The SMILES string of the molecule is CN(C)C(=O)CCCN1CC[C@H](N)C1.